The molecule has 0 saturated carbocycles. The van der Waals surface area contributed by atoms with Crippen LogP contribution < -0.4 is 0 Å². The van der Waals surface area contributed by atoms with Crippen LogP contribution in [0.15, 0.2) is 35.4 Å². The smallest absolute Gasteiger partial charge is 0.276 e. The minimum absolute atomic E-state index is 0.0949. The summed E-state index contributed by atoms with van der Waals surface area (Å²) in [5.74, 6) is -0.920. The Morgan fingerprint density at radius 3 is 2.52 bits per heavy atom. The van der Waals surface area contributed by atoms with Gasteiger partial charge in [-0.2, -0.15) is 19.7 Å². The molecule has 134 valence electrons. The molecule has 1 N–H and O–H groups in total. The maximum Gasteiger partial charge on any atom is 0.276 e. The second-order valence-electron chi connectivity index (χ2n) is 6.06. The summed E-state index contributed by atoms with van der Waals surface area (Å²) in [6.45, 7) is 3.86. The number of hydrogen-bond acceptors (Lipinski definition) is 5. The van der Waals surface area contributed by atoms with E-state index in [9.17, 15) is 17.6 Å². The number of rotatable bonds is 3. The summed E-state index contributed by atoms with van der Waals surface area (Å²) in [5.41, 5.74) is 0.181. The highest BCUT2D eigenvalue weighted by molar-refractivity contribution is 7.89. The van der Waals surface area contributed by atoms with Crippen molar-refractivity contribution in [1.82, 2.24) is 24.6 Å². The van der Waals surface area contributed by atoms with Crippen LogP contribution in [0.25, 0.3) is 0 Å². The summed E-state index contributed by atoms with van der Waals surface area (Å²) >= 11 is 0. The average Bonchev–Trinajstić information content (AvgIpc) is 3.07. The number of piperazine rings is 1. The molecule has 1 aliphatic heterocycles. The van der Waals surface area contributed by atoms with Crippen molar-refractivity contribution < 1.29 is 17.6 Å². The maximum atomic E-state index is 13.4. The molecule has 0 bridgehead atoms. The second-order valence-corrected chi connectivity index (χ2v) is 7.90. The first-order valence-corrected chi connectivity index (χ1v) is 9.19. The number of amides is 1. The number of H-pyrrole nitrogens is 1. The van der Waals surface area contributed by atoms with Crippen molar-refractivity contribution in [3.63, 3.8) is 0 Å². The van der Waals surface area contributed by atoms with Crippen LogP contribution in [0.4, 0.5) is 4.39 Å². The molecular formula is C15H18FN5O3S. The number of nitrogens with zero attached hydrogens (tertiary/aromatic N) is 4. The molecule has 25 heavy (non-hydrogen) atoms. The van der Waals surface area contributed by atoms with Crippen molar-refractivity contribution in [2.45, 2.75) is 30.8 Å². The van der Waals surface area contributed by atoms with Gasteiger partial charge in [0.05, 0.1) is 11.1 Å². The summed E-state index contributed by atoms with van der Waals surface area (Å²) in [7, 11) is -3.86. The Bertz CT molecular complexity index is 859. The zero-order chi connectivity index (χ0) is 18.2. The highest BCUT2D eigenvalue weighted by atomic mass is 32.2. The molecule has 10 heteroatoms. The third-order valence-corrected chi connectivity index (χ3v) is 6.26. The number of benzene rings is 1. The number of hydrogen-bond donors (Lipinski definition) is 1. The quantitative estimate of drug-likeness (QED) is 0.868. The van der Waals surface area contributed by atoms with Gasteiger partial charge in [-0.1, -0.05) is 6.07 Å². The molecule has 1 amide bonds. The number of halogens is 1. The van der Waals surface area contributed by atoms with E-state index < -0.39 is 27.9 Å². The first-order chi connectivity index (χ1) is 11.8. The third-order valence-electron chi connectivity index (χ3n) is 4.13. The van der Waals surface area contributed by atoms with Crippen molar-refractivity contribution in [2.75, 3.05) is 13.1 Å². The molecule has 1 fully saturated rings. The van der Waals surface area contributed by atoms with Gasteiger partial charge in [0.2, 0.25) is 10.0 Å². The molecule has 3 rings (SSSR count). The molecule has 8 nitrogen and oxygen atoms in total. The topological polar surface area (TPSA) is 99.3 Å². The van der Waals surface area contributed by atoms with Crippen LogP contribution in [0.5, 0.6) is 0 Å². The minimum atomic E-state index is -3.86. The summed E-state index contributed by atoms with van der Waals surface area (Å²) in [4.78, 5) is 13.9. The van der Waals surface area contributed by atoms with Crippen LogP contribution in [0.3, 0.4) is 0 Å². The fraction of sp³-hybridized carbons (Fsp3) is 0.400. The molecule has 1 aromatic carbocycles. The van der Waals surface area contributed by atoms with Crippen LogP contribution in [-0.2, 0) is 10.0 Å². The highest BCUT2D eigenvalue weighted by Gasteiger charge is 2.40. The lowest BCUT2D eigenvalue weighted by Gasteiger charge is -2.43. The third kappa shape index (κ3) is 3.27. The van der Waals surface area contributed by atoms with E-state index in [1.807, 2.05) is 0 Å². The molecule has 1 aromatic heterocycles. The van der Waals surface area contributed by atoms with Crippen molar-refractivity contribution >= 4 is 15.9 Å². The maximum absolute atomic E-state index is 13.4. The Labute approximate surface area is 144 Å². The number of aromatic nitrogens is 3. The predicted octanol–water partition coefficient (Wildman–Crippen LogP) is 0.867. The number of carbonyl (C=O) groups is 1. The molecule has 2 aromatic rings. The first-order valence-electron chi connectivity index (χ1n) is 7.75. The molecule has 2 heterocycles. The number of sulfonamides is 1. The standard InChI is InChI=1S/C15H18FN5O3S/c1-10-8-20(15(22)14-7-17-19-18-14)9-11(2)21(10)25(23,24)13-5-3-4-12(16)6-13/h3-7,10-11H,8-9H2,1-2H3,(H,17,18,19)/t10-,11+. The molecule has 1 saturated heterocycles. The SMILES string of the molecule is C[C@@H]1CN(C(=O)c2cn[nH]n2)C[C@H](C)N1S(=O)(=O)c1cccc(F)c1. The van der Waals surface area contributed by atoms with Crippen molar-refractivity contribution in [3.8, 4) is 0 Å². The van der Waals surface area contributed by atoms with Crippen LogP contribution in [0.1, 0.15) is 24.3 Å². The van der Waals surface area contributed by atoms with E-state index in [0.717, 1.165) is 6.07 Å². The van der Waals surface area contributed by atoms with Gasteiger partial charge < -0.3 is 4.90 Å². The van der Waals surface area contributed by atoms with Gasteiger partial charge in [-0.3, -0.25) is 4.79 Å². The van der Waals surface area contributed by atoms with E-state index in [2.05, 4.69) is 15.4 Å². The fourth-order valence-corrected chi connectivity index (χ4v) is 5.00. The van der Waals surface area contributed by atoms with E-state index in [-0.39, 0.29) is 29.6 Å². The summed E-state index contributed by atoms with van der Waals surface area (Å²) in [5, 5.41) is 9.76. The Kier molecular flexibility index (Phi) is 4.56. The van der Waals surface area contributed by atoms with E-state index in [1.54, 1.807) is 18.7 Å². The molecule has 2 atom stereocenters. The Morgan fingerprint density at radius 1 is 1.28 bits per heavy atom. The lowest BCUT2D eigenvalue weighted by Crippen LogP contribution is -2.59. The predicted molar refractivity (Wildman–Crippen MR) is 86.6 cm³/mol. The van der Waals surface area contributed by atoms with Gasteiger partial charge in [0, 0.05) is 25.2 Å². The zero-order valence-corrected chi connectivity index (χ0v) is 14.6. The summed E-state index contributed by atoms with van der Waals surface area (Å²) < 4.78 is 40.5. The van der Waals surface area contributed by atoms with Gasteiger partial charge in [-0.05, 0) is 32.0 Å². The van der Waals surface area contributed by atoms with Crippen LogP contribution in [0, 0.1) is 5.82 Å². The van der Waals surface area contributed by atoms with E-state index in [1.165, 1.54) is 28.7 Å². The molecular weight excluding hydrogens is 349 g/mol. The second kappa shape index (κ2) is 6.52. The van der Waals surface area contributed by atoms with E-state index in [4.69, 9.17) is 0 Å². The normalized spacial score (nSPS) is 22.1. The molecule has 1 aliphatic rings. The highest BCUT2D eigenvalue weighted by Crippen LogP contribution is 2.26. The van der Waals surface area contributed by atoms with E-state index >= 15 is 0 Å². The summed E-state index contributed by atoms with van der Waals surface area (Å²) in [6.07, 6.45) is 1.33. The summed E-state index contributed by atoms with van der Waals surface area (Å²) in [6, 6.07) is 4.00. The van der Waals surface area contributed by atoms with Gasteiger partial charge >= 0.3 is 0 Å². The molecule has 0 unspecified atom stereocenters. The first kappa shape index (κ1) is 17.5. The number of aromatic amines is 1. The Morgan fingerprint density at radius 2 is 1.96 bits per heavy atom. The van der Waals surface area contributed by atoms with Crippen LogP contribution >= 0.6 is 0 Å². The van der Waals surface area contributed by atoms with Crippen molar-refractivity contribution in [1.29, 1.82) is 0 Å². The van der Waals surface area contributed by atoms with Crippen LogP contribution in [-0.4, -0.2) is 64.1 Å². The van der Waals surface area contributed by atoms with Gasteiger partial charge in [0.25, 0.3) is 5.91 Å². The zero-order valence-electron chi connectivity index (χ0n) is 13.8. The van der Waals surface area contributed by atoms with Gasteiger partial charge in [0.15, 0.2) is 5.69 Å². The van der Waals surface area contributed by atoms with Crippen LogP contribution in [0.2, 0.25) is 0 Å². The fourth-order valence-electron chi connectivity index (χ4n) is 3.16. The van der Waals surface area contributed by atoms with Crippen molar-refractivity contribution in [2.24, 2.45) is 0 Å². The lowest BCUT2D eigenvalue weighted by molar-refractivity contribution is 0.0548. The average molecular weight is 367 g/mol. The van der Waals surface area contributed by atoms with Gasteiger partial charge in [-0.25, -0.2) is 12.8 Å². The number of carbonyl (C=O) groups excluding carboxylic acids is 1. The Hall–Kier alpha value is -2.33. The monoisotopic (exact) mass is 367 g/mol. The molecule has 0 spiro atoms. The van der Waals surface area contributed by atoms with Gasteiger partial charge in [0.1, 0.15) is 5.82 Å². The largest absolute Gasteiger partial charge is 0.334 e. The molecule has 0 radical (unpaired) electrons. The minimum Gasteiger partial charge on any atom is -0.334 e. The van der Waals surface area contributed by atoms with E-state index in [0.29, 0.717) is 0 Å². The lowest BCUT2D eigenvalue weighted by atomic mass is 10.1. The number of nitrogens with one attached hydrogen (secondary N) is 1. The van der Waals surface area contributed by atoms with Gasteiger partial charge in [-0.15, -0.1) is 0 Å². The Balaban J connectivity index is 1.84. The van der Waals surface area contributed by atoms with Crippen molar-refractivity contribution in [3.05, 3.63) is 42.0 Å². The molecule has 0 aliphatic carbocycles.